The van der Waals surface area contributed by atoms with Crippen molar-refractivity contribution in [1.29, 1.82) is 0 Å². The highest BCUT2D eigenvalue weighted by Crippen LogP contribution is 2.34. The second kappa shape index (κ2) is 10.3. The smallest absolute Gasteiger partial charge is 0.267 e. The lowest BCUT2D eigenvalue weighted by molar-refractivity contribution is -0.122. The maximum Gasteiger partial charge on any atom is 0.267 e. The lowest BCUT2D eigenvalue weighted by Gasteiger charge is -2.35. The summed E-state index contributed by atoms with van der Waals surface area (Å²) in [4.78, 5) is 37.9. The number of aliphatic hydroxyl groups is 1. The fourth-order valence-corrected chi connectivity index (χ4v) is 5.42. The Balaban J connectivity index is 1.77. The summed E-state index contributed by atoms with van der Waals surface area (Å²) in [5.41, 5.74) is 1.73. The number of amides is 1. The number of hydrogen-bond donors (Lipinski definition) is 1. The molecule has 4 heterocycles. The predicted molar refractivity (Wildman–Crippen MR) is 137 cm³/mol. The van der Waals surface area contributed by atoms with Gasteiger partial charge in [-0.1, -0.05) is 43.4 Å². The minimum absolute atomic E-state index is 0.125. The summed E-state index contributed by atoms with van der Waals surface area (Å²) in [6.45, 7) is 8.27. The Bertz CT molecular complexity index is 1150. The summed E-state index contributed by atoms with van der Waals surface area (Å²) in [5, 5.41) is 9.24. The molecule has 2 aliphatic rings. The molecule has 2 aliphatic heterocycles. The first-order valence-corrected chi connectivity index (χ1v) is 12.5. The van der Waals surface area contributed by atoms with E-state index in [1.54, 1.807) is 21.6 Å². The predicted octanol–water partition coefficient (Wildman–Crippen LogP) is 2.12. The number of aryl methyl sites for hydroxylation is 1. The Morgan fingerprint density at radius 2 is 1.97 bits per heavy atom. The zero-order valence-electron chi connectivity index (χ0n) is 19.0. The highest BCUT2D eigenvalue weighted by atomic mass is 32.2. The quantitative estimate of drug-likeness (QED) is 0.470. The van der Waals surface area contributed by atoms with Gasteiger partial charge in [-0.3, -0.25) is 23.8 Å². The van der Waals surface area contributed by atoms with E-state index < -0.39 is 0 Å². The minimum Gasteiger partial charge on any atom is -0.395 e. The van der Waals surface area contributed by atoms with Crippen molar-refractivity contribution in [1.82, 2.24) is 19.2 Å². The van der Waals surface area contributed by atoms with Gasteiger partial charge in [0.25, 0.3) is 11.5 Å². The molecule has 2 saturated heterocycles. The standard InChI is InChI=1S/C23H29N5O3S2/c1-3-4-7-28-22(31)18(33-23(28)32)15-17-20(26-11-9-25(10-12-26)13-14-29)24-19-16(2)6-5-8-27(19)21(17)30/h5-6,8,15,29H,3-4,7,9-14H2,1-2H3/b18-15+. The van der Waals surface area contributed by atoms with Crippen molar-refractivity contribution < 1.29 is 9.90 Å². The van der Waals surface area contributed by atoms with Crippen molar-refractivity contribution in [2.75, 3.05) is 50.8 Å². The van der Waals surface area contributed by atoms with Crippen LogP contribution < -0.4 is 10.5 Å². The molecule has 0 atom stereocenters. The van der Waals surface area contributed by atoms with Gasteiger partial charge in [0.15, 0.2) is 0 Å². The molecule has 0 radical (unpaired) electrons. The van der Waals surface area contributed by atoms with Gasteiger partial charge in [-0.15, -0.1) is 0 Å². The fraction of sp³-hybridized carbons (Fsp3) is 0.478. The number of rotatable bonds is 7. The van der Waals surface area contributed by atoms with Crippen molar-refractivity contribution in [2.24, 2.45) is 0 Å². The summed E-state index contributed by atoms with van der Waals surface area (Å²) in [6.07, 6.45) is 5.23. The Morgan fingerprint density at radius 3 is 2.67 bits per heavy atom. The molecule has 8 nitrogen and oxygen atoms in total. The van der Waals surface area contributed by atoms with Crippen molar-refractivity contribution in [2.45, 2.75) is 26.7 Å². The van der Waals surface area contributed by atoms with Gasteiger partial charge < -0.3 is 10.0 Å². The van der Waals surface area contributed by atoms with Crippen molar-refractivity contribution in [3.63, 3.8) is 0 Å². The minimum atomic E-state index is -0.199. The lowest BCUT2D eigenvalue weighted by Crippen LogP contribution is -2.48. The van der Waals surface area contributed by atoms with Crippen LogP contribution in [-0.4, -0.2) is 80.4 Å². The summed E-state index contributed by atoms with van der Waals surface area (Å²) in [6, 6.07) is 3.76. The number of thioether (sulfide) groups is 1. The van der Waals surface area contributed by atoms with Gasteiger partial charge in [0, 0.05) is 45.5 Å². The molecule has 0 aliphatic carbocycles. The Kier molecular flexibility index (Phi) is 7.48. The average molecular weight is 488 g/mol. The SMILES string of the molecule is CCCCN1C(=O)/C(=C\c2c(N3CCN(CCO)CC3)nc3c(C)cccn3c2=O)SC1=S. The number of anilines is 1. The van der Waals surface area contributed by atoms with Crippen LogP contribution in [-0.2, 0) is 4.79 Å². The monoisotopic (exact) mass is 487 g/mol. The van der Waals surface area contributed by atoms with E-state index in [9.17, 15) is 14.7 Å². The number of pyridine rings is 1. The van der Waals surface area contributed by atoms with Gasteiger partial charge in [-0.2, -0.15) is 0 Å². The first kappa shape index (κ1) is 23.9. The number of thiocarbonyl (C=S) groups is 1. The largest absolute Gasteiger partial charge is 0.395 e. The first-order chi connectivity index (χ1) is 15.9. The van der Waals surface area contributed by atoms with Gasteiger partial charge in [0.05, 0.1) is 17.1 Å². The summed E-state index contributed by atoms with van der Waals surface area (Å²) in [7, 11) is 0. The third kappa shape index (κ3) is 4.84. The van der Waals surface area contributed by atoms with E-state index in [1.165, 1.54) is 11.8 Å². The second-order valence-electron chi connectivity index (χ2n) is 8.28. The molecule has 2 aromatic rings. The van der Waals surface area contributed by atoms with Crippen molar-refractivity contribution >= 4 is 51.7 Å². The molecule has 0 bridgehead atoms. The number of piperazine rings is 1. The van der Waals surface area contributed by atoms with E-state index in [1.807, 2.05) is 19.1 Å². The van der Waals surface area contributed by atoms with Crippen molar-refractivity contribution in [3.05, 3.63) is 44.7 Å². The summed E-state index contributed by atoms with van der Waals surface area (Å²) < 4.78 is 2.08. The number of hydrogen-bond acceptors (Lipinski definition) is 8. The topological polar surface area (TPSA) is 81.4 Å². The van der Waals surface area contributed by atoms with Crippen LogP contribution in [0.3, 0.4) is 0 Å². The molecule has 0 saturated carbocycles. The number of carbonyl (C=O) groups is 1. The molecule has 33 heavy (non-hydrogen) atoms. The molecule has 0 aromatic carbocycles. The summed E-state index contributed by atoms with van der Waals surface area (Å²) in [5.74, 6) is 0.447. The molecule has 0 unspecified atom stereocenters. The van der Waals surface area contributed by atoms with Crippen molar-refractivity contribution in [3.8, 4) is 0 Å². The van der Waals surface area contributed by atoms with E-state index in [2.05, 4.69) is 16.7 Å². The second-order valence-corrected chi connectivity index (χ2v) is 9.95. The fourth-order valence-electron chi connectivity index (χ4n) is 4.13. The Hall–Kier alpha value is -2.27. The number of β-amino-alcohol motifs (C(OH)–C–C–N with tert-alkyl or cyclic N) is 1. The van der Waals surface area contributed by atoms with Gasteiger partial charge >= 0.3 is 0 Å². The van der Waals surface area contributed by atoms with Gasteiger partial charge in [-0.25, -0.2) is 4.98 Å². The molecule has 2 aromatic heterocycles. The normalized spacial score (nSPS) is 18.8. The van der Waals surface area contributed by atoms with Crippen LogP contribution in [0.5, 0.6) is 0 Å². The third-order valence-corrected chi connectivity index (χ3v) is 7.41. The summed E-state index contributed by atoms with van der Waals surface area (Å²) >= 11 is 6.68. The maximum absolute atomic E-state index is 13.6. The van der Waals surface area contributed by atoms with E-state index >= 15 is 0 Å². The van der Waals surface area contributed by atoms with Crippen LogP contribution in [0.1, 0.15) is 30.9 Å². The van der Waals surface area contributed by atoms with Crippen LogP contribution in [0.4, 0.5) is 5.82 Å². The van der Waals surface area contributed by atoms with Crippen LogP contribution in [0, 0.1) is 6.92 Å². The van der Waals surface area contributed by atoms with Gasteiger partial charge in [-0.05, 0) is 31.1 Å². The van der Waals surface area contributed by atoms with Gasteiger partial charge in [0.2, 0.25) is 0 Å². The molecule has 4 rings (SSSR count). The molecule has 0 spiro atoms. The highest BCUT2D eigenvalue weighted by Gasteiger charge is 2.32. The van der Waals surface area contributed by atoms with Gasteiger partial charge in [0.1, 0.15) is 15.8 Å². The average Bonchev–Trinajstić information content (AvgIpc) is 3.07. The van der Waals surface area contributed by atoms with E-state index in [-0.39, 0.29) is 18.1 Å². The molecule has 2 fully saturated rings. The van der Waals surface area contributed by atoms with Crippen LogP contribution in [0.2, 0.25) is 0 Å². The molecular formula is C23H29N5O3S2. The van der Waals surface area contributed by atoms with E-state index in [0.717, 1.165) is 31.5 Å². The molecule has 1 amide bonds. The molecule has 1 N–H and O–H groups in total. The number of aromatic nitrogens is 2. The van der Waals surface area contributed by atoms with E-state index in [0.29, 0.717) is 52.4 Å². The molecular weight excluding hydrogens is 458 g/mol. The zero-order chi connectivity index (χ0) is 23.5. The molecule has 10 heteroatoms. The molecule has 176 valence electrons. The van der Waals surface area contributed by atoms with Crippen LogP contribution in [0.25, 0.3) is 11.7 Å². The number of unbranched alkanes of at least 4 members (excludes halogenated alkanes) is 1. The zero-order valence-corrected chi connectivity index (χ0v) is 20.6. The maximum atomic E-state index is 13.6. The highest BCUT2D eigenvalue weighted by molar-refractivity contribution is 8.26. The van der Waals surface area contributed by atoms with Crippen LogP contribution in [0.15, 0.2) is 28.0 Å². The van der Waals surface area contributed by atoms with Crippen LogP contribution >= 0.6 is 24.0 Å². The number of fused-ring (bicyclic) bond motifs is 1. The lowest BCUT2D eigenvalue weighted by atomic mass is 10.2. The Labute approximate surface area is 202 Å². The number of aliphatic hydroxyl groups excluding tert-OH is 1. The number of nitrogens with zero attached hydrogens (tertiary/aromatic N) is 5. The Morgan fingerprint density at radius 1 is 1.21 bits per heavy atom. The third-order valence-electron chi connectivity index (χ3n) is 6.04. The number of carbonyl (C=O) groups excluding carboxylic acids is 1. The first-order valence-electron chi connectivity index (χ1n) is 11.3. The van der Waals surface area contributed by atoms with E-state index in [4.69, 9.17) is 17.2 Å².